The van der Waals surface area contributed by atoms with Crippen molar-refractivity contribution in [3.8, 4) is 0 Å². The molecule has 0 aromatic carbocycles. The fraction of sp³-hybridized carbons (Fsp3) is 0.500. The van der Waals surface area contributed by atoms with Gasteiger partial charge in [0, 0.05) is 12.9 Å². The fourth-order valence-electron chi connectivity index (χ4n) is 0. The van der Waals surface area contributed by atoms with Gasteiger partial charge < -0.3 is 15.0 Å². The summed E-state index contributed by atoms with van der Waals surface area (Å²) in [7, 11) is 0. The Balaban J connectivity index is -0.0000000720. The first-order valence-corrected chi connectivity index (χ1v) is 1.84. The molecule has 5 heteroatoms. The molecule has 48 valence electrons. The van der Waals surface area contributed by atoms with Crippen LogP contribution < -0.4 is 74.0 Å². The minimum Gasteiger partial charge on any atom is -0.550 e. The Bertz CT molecular complexity index is 70.6. The van der Waals surface area contributed by atoms with Crippen molar-refractivity contribution in [2.24, 2.45) is 0 Å². The van der Waals surface area contributed by atoms with Gasteiger partial charge in [-0.15, -0.1) is 0 Å². The molecule has 0 rings (SSSR count). The van der Waals surface area contributed by atoms with Gasteiger partial charge in [-0.25, -0.2) is 0 Å². The van der Waals surface area contributed by atoms with E-state index in [2.05, 4.69) is 0 Å². The first-order chi connectivity index (χ1) is 3.46. The van der Waals surface area contributed by atoms with Gasteiger partial charge in [0.05, 0.1) is 0 Å². The first-order valence-electron chi connectivity index (χ1n) is 1.84. The standard InChI is InChI=1S/2C2H4O2.Cs/c2*1-2(3)4;/h2*1H3,(H,3,4);/q;;+1/p-1. The number of carboxylic acid groups (broad SMARTS) is 2. The van der Waals surface area contributed by atoms with Gasteiger partial charge >= 0.3 is 68.9 Å². The predicted molar refractivity (Wildman–Crippen MR) is 24.0 cm³/mol. The van der Waals surface area contributed by atoms with Crippen LogP contribution in [-0.2, 0) is 9.59 Å². The third kappa shape index (κ3) is 447. The average molecular weight is 252 g/mol. The van der Waals surface area contributed by atoms with Gasteiger partial charge in [-0.05, 0) is 6.92 Å². The van der Waals surface area contributed by atoms with Gasteiger partial charge in [-0.2, -0.15) is 0 Å². The number of carboxylic acids is 2. The van der Waals surface area contributed by atoms with Gasteiger partial charge in [0.25, 0.3) is 5.97 Å². The van der Waals surface area contributed by atoms with Crippen LogP contribution in [-0.4, -0.2) is 17.0 Å². The molecule has 0 aromatic heterocycles. The Morgan fingerprint density at radius 3 is 1.33 bits per heavy atom. The number of carbonyl (C=O) groups excluding carboxylic acids is 1. The van der Waals surface area contributed by atoms with Crippen molar-refractivity contribution in [1.82, 2.24) is 0 Å². The van der Waals surface area contributed by atoms with E-state index < -0.39 is 11.9 Å². The number of carbonyl (C=O) groups is 2. The summed E-state index contributed by atoms with van der Waals surface area (Å²) in [6, 6.07) is 0. The topological polar surface area (TPSA) is 77.4 Å². The summed E-state index contributed by atoms with van der Waals surface area (Å²) in [5.74, 6) is -1.92. The summed E-state index contributed by atoms with van der Waals surface area (Å²) in [5.41, 5.74) is 0. The third-order valence-corrected chi connectivity index (χ3v) is 0. The van der Waals surface area contributed by atoms with Gasteiger partial charge in [-0.3, -0.25) is 4.79 Å². The van der Waals surface area contributed by atoms with Gasteiger partial charge in [0.15, 0.2) is 0 Å². The number of hydrogen-bond donors (Lipinski definition) is 1. The van der Waals surface area contributed by atoms with E-state index in [-0.39, 0.29) is 68.9 Å². The van der Waals surface area contributed by atoms with E-state index >= 15 is 0 Å². The third-order valence-electron chi connectivity index (χ3n) is 0. The summed E-state index contributed by atoms with van der Waals surface area (Å²) in [4.78, 5) is 17.9. The maximum absolute atomic E-state index is 9.00. The molecule has 0 atom stereocenters. The van der Waals surface area contributed by atoms with Crippen molar-refractivity contribution in [3.05, 3.63) is 0 Å². The molecule has 0 saturated carbocycles. The number of aliphatic carboxylic acids is 2. The molecule has 0 heterocycles. The van der Waals surface area contributed by atoms with Crippen LogP contribution in [0.1, 0.15) is 13.8 Å². The van der Waals surface area contributed by atoms with Crippen LogP contribution in [0.5, 0.6) is 0 Å². The normalized spacial score (nSPS) is 5.56. The number of hydrogen-bond acceptors (Lipinski definition) is 3. The van der Waals surface area contributed by atoms with E-state index in [1.165, 1.54) is 0 Å². The molecule has 0 aliphatic rings. The summed E-state index contributed by atoms with van der Waals surface area (Å²) >= 11 is 0. The number of rotatable bonds is 0. The second-order valence-electron chi connectivity index (χ2n) is 1.01. The minimum atomic E-state index is -1.08. The van der Waals surface area contributed by atoms with E-state index in [9.17, 15) is 0 Å². The largest absolute Gasteiger partial charge is 1.00 e. The molecule has 0 fully saturated rings. The fourth-order valence-corrected chi connectivity index (χ4v) is 0. The van der Waals surface area contributed by atoms with Crippen molar-refractivity contribution >= 4 is 11.9 Å². The smallest absolute Gasteiger partial charge is 0.550 e. The Labute approximate surface area is 112 Å². The summed E-state index contributed by atoms with van der Waals surface area (Å²) in [5, 5.41) is 16.3. The molecule has 0 aliphatic carbocycles. The van der Waals surface area contributed by atoms with E-state index in [1.54, 1.807) is 0 Å². The van der Waals surface area contributed by atoms with Crippen molar-refractivity contribution in [3.63, 3.8) is 0 Å². The Hall–Kier alpha value is 0.992. The van der Waals surface area contributed by atoms with E-state index in [0.717, 1.165) is 13.8 Å². The van der Waals surface area contributed by atoms with E-state index in [1.807, 2.05) is 0 Å². The second-order valence-corrected chi connectivity index (χ2v) is 1.01. The van der Waals surface area contributed by atoms with E-state index in [0.29, 0.717) is 0 Å². The Morgan fingerprint density at radius 1 is 1.33 bits per heavy atom. The Kier molecular flexibility index (Phi) is 21.6. The predicted octanol–water partition coefficient (Wildman–Crippen LogP) is -4.15. The van der Waals surface area contributed by atoms with Gasteiger partial charge in [-0.1, -0.05) is 0 Å². The van der Waals surface area contributed by atoms with Crippen LogP contribution >= 0.6 is 0 Å². The van der Waals surface area contributed by atoms with Gasteiger partial charge in [0.2, 0.25) is 0 Å². The van der Waals surface area contributed by atoms with Crippen molar-refractivity contribution in [2.45, 2.75) is 13.8 Å². The molecule has 0 radical (unpaired) electrons. The molecule has 0 bridgehead atoms. The van der Waals surface area contributed by atoms with E-state index in [4.69, 9.17) is 19.8 Å². The molecule has 0 aliphatic heterocycles. The molecular weight excluding hydrogens is 245 g/mol. The van der Waals surface area contributed by atoms with Crippen LogP contribution in [0.4, 0.5) is 0 Å². The Morgan fingerprint density at radius 2 is 1.33 bits per heavy atom. The van der Waals surface area contributed by atoms with Gasteiger partial charge in [0.1, 0.15) is 0 Å². The maximum Gasteiger partial charge on any atom is 1.00 e. The summed E-state index contributed by atoms with van der Waals surface area (Å²) in [6.07, 6.45) is 0. The van der Waals surface area contributed by atoms with Crippen LogP contribution in [0.3, 0.4) is 0 Å². The quantitative estimate of drug-likeness (QED) is 0.474. The summed E-state index contributed by atoms with van der Waals surface area (Å²) in [6.45, 7) is 2.06. The molecule has 1 N–H and O–H groups in total. The molecule has 0 unspecified atom stereocenters. The molecule has 4 nitrogen and oxygen atoms in total. The second kappa shape index (κ2) is 11.7. The molecule has 9 heavy (non-hydrogen) atoms. The van der Waals surface area contributed by atoms with Crippen LogP contribution in [0, 0.1) is 0 Å². The molecule has 0 amide bonds. The van der Waals surface area contributed by atoms with Crippen LogP contribution in [0.25, 0.3) is 0 Å². The van der Waals surface area contributed by atoms with Crippen molar-refractivity contribution in [2.75, 3.05) is 0 Å². The van der Waals surface area contributed by atoms with Crippen molar-refractivity contribution < 1.29 is 88.7 Å². The molecule has 0 saturated heterocycles. The molecular formula is C4H7CsO4. The average Bonchev–Trinajstić information content (AvgIpc) is 1.25. The van der Waals surface area contributed by atoms with Crippen LogP contribution in [0.2, 0.25) is 0 Å². The first kappa shape index (κ1) is 16.5. The maximum atomic E-state index is 9.00. The zero-order valence-corrected chi connectivity index (χ0v) is 12.0. The zero-order valence-electron chi connectivity index (χ0n) is 5.67. The SMILES string of the molecule is CC(=O)O.CC(=O)[O-].[Cs+]. The van der Waals surface area contributed by atoms with Crippen molar-refractivity contribution in [1.29, 1.82) is 0 Å². The summed E-state index contributed by atoms with van der Waals surface area (Å²) < 4.78 is 0. The van der Waals surface area contributed by atoms with Crippen LogP contribution in [0.15, 0.2) is 0 Å². The molecule has 0 aromatic rings. The monoisotopic (exact) mass is 252 g/mol. The molecule has 0 spiro atoms. The minimum absolute atomic E-state index is 0. The zero-order chi connectivity index (χ0) is 7.15.